The van der Waals surface area contributed by atoms with E-state index in [2.05, 4.69) is 15.5 Å². The van der Waals surface area contributed by atoms with Crippen LogP contribution in [-0.2, 0) is 10.0 Å². The van der Waals surface area contributed by atoms with Crippen molar-refractivity contribution in [2.24, 2.45) is 0 Å². The first-order chi connectivity index (χ1) is 10.4. The van der Waals surface area contributed by atoms with E-state index in [4.69, 9.17) is 0 Å². The molecule has 22 heavy (non-hydrogen) atoms. The molecule has 2 aromatic rings. The van der Waals surface area contributed by atoms with Crippen LogP contribution in [0.5, 0.6) is 0 Å². The third-order valence-corrected chi connectivity index (χ3v) is 4.99. The van der Waals surface area contributed by atoms with Crippen LogP contribution in [0.15, 0.2) is 24.4 Å². The molecule has 0 atom stereocenters. The number of carbonyl (C=O) groups is 1. The molecule has 118 valence electrons. The van der Waals surface area contributed by atoms with Crippen molar-refractivity contribution in [3.8, 4) is 0 Å². The fourth-order valence-corrected chi connectivity index (χ4v) is 3.27. The Bertz CT molecular complexity index is 793. The number of aromatic nitrogens is 2. The summed E-state index contributed by atoms with van der Waals surface area (Å²) >= 11 is 0. The molecule has 2 heterocycles. The second-order valence-corrected chi connectivity index (χ2v) is 7.23. The number of piperazine rings is 1. The lowest BCUT2D eigenvalue weighted by atomic mass is 10.2. The molecular formula is C13H17N5O3S. The topological polar surface area (TPSA) is 98.4 Å². The fourth-order valence-electron chi connectivity index (χ4n) is 2.45. The predicted molar refractivity (Wildman–Crippen MR) is 83.1 cm³/mol. The van der Waals surface area contributed by atoms with Gasteiger partial charge in [0.1, 0.15) is 0 Å². The molecule has 1 aromatic carbocycles. The van der Waals surface area contributed by atoms with Crippen molar-refractivity contribution in [2.45, 2.75) is 0 Å². The molecule has 9 heteroatoms. The second kappa shape index (κ2) is 5.58. The van der Waals surface area contributed by atoms with Crippen LogP contribution in [0.25, 0.3) is 10.9 Å². The van der Waals surface area contributed by atoms with Gasteiger partial charge in [-0.05, 0) is 18.2 Å². The first-order valence-corrected chi connectivity index (χ1v) is 8.72. The molecule has 2 N–H and O–H groups in total. The molecule has 0 unspecified atom stereocenters. The number of amides is 2. The average Bonchev–Trinajstić information content (AvgIpc) is 2.94. The predicted octanol–water partition coefficient (Wildman–Crippen LogP) is 0.672. The number of sulfonamides is 1. The van der Waals surface area contributed by atoms with E-state index in [0.29, 0.717) is 31.9 Å². The first-order valence-electron chi connectivity index (χ1n) is 6.88. The molecular weight excluding hydrogens is 306 g/mol. The Balaban J connectivity index is 1.63. The maximum atomic E-state index is 12.2. The summed E-state index contributed by atoms with van der Waals surface area (Å²) in [6.45, 7) is 1.42. The minimum absolute atomic E-state index is 0.226. The largest absolute Gasteiger partial charge is 0.322 e. The number of fused-ring (bicyclic) bond motifs is 1. The van der Waals surface area contributed by atoms with Gasteiger partial charge in [0.2, 0.25) is 10.0 Å². The standard InChI is InChI=1S/C13H17N5O3S/c1-22(20,21)18-6-4-17(5-7-18)13(19)15-11-2-3-12-10(8-11)9-14-16-12/h2-3,8-9H,4-7H2,1H3,(H,14,16)(H,15,19). The number of aromatic amines is 1. The second-order valence-electron chi connectivity index (χ2n) is 5.25. The number of carbonyl (C=O) groups excluding carboxylic acids is 1. The van der Waals surface area contributed by atoms with Crippen LogP contribution in [0, 0.1) is 0 Å². The van der Waals surface area contributed by atoms with Gasteiger partial charge in [0.25, 0.3) is 0 Å². The highest BCUT2D eigenvalue weighted by Gasteiger charge is 2.25. The van der Waals surface area contributed by atoms with Gasteiger partial charge in [0, 0.05) is 37.3 Å². The molecule has 0 radical (unpaired) electrons. The van der Waals surface area contributed by atoms with Crippen molar-refractivity contribution in [3.05, 3.63) is 24.4 Å². The quantitative estimate of drug-likeness (QED) is 0.848. The van der Waals surface area contributed by atoms with Crippen molar-refractivity contribution in [1.29, 1.82) is 0 Å². The Morgan fingerprint density at radius 1 is 1.27 bits per heavy atom. The Kier molecular flexibility index (Phi) is 3.75. The molecule has 1 saturated heterocycles. The Morgan fingerprint density at radius 2 is 2.00 bits per heavy atom. The molecule has 3 rings (SSSR count). The highest BCUT2D eigenvalue weighted by molar-refractivity contribution is 7.88. The molecule has 1 aromatic heterocycles. The van der Waals surface area contributed by atoms with E-state index in [9.17, 15) is 13.2 Å². The number of hydrogen-bond acceptors (Lipinski definition) is 4. The Morgan fingerprint density at radius 3 is 2.68 bits per heavy atom. The summed E-state index contributed by atoms with van der Waals surface area (Å²) in [7, 11) is -3.19. The van der Waals surface area contributed by atoms with Crippen molar-refractivity contribution in [2.75, 3.05) is 37.8 Å². The van der Waals surface area contributed by atoms with Crippen LogP contribution in [0.2, 0.25) is 0 Å². The smallest absolute Gasteiger partial charge is 0.321 e. The number of benzene rings is 1. The van der Waals surface area contributed by atoms with Crippen LogP contribution in [-0.4, -0.2) is 66.3 Å². The van der Waals surface area contributed by atoms with Crippen LogP contribution >= 0.6 is 0 Å². The van der Waals surface area contributed by atoms with Crippen molar-refractivity contribution in [3.63, 3.8) is 0 Å². The van der Waals surface area contributed by atoms with Gasteiger partial charge < -0.3 is 10.2 Å². The lowest BCUT2D eigenvalue weighted by Crippen LogP contribution is -2.51. The van der Waals surface area contributed by atoms with Gasteiger partial charge in [-0.2, -0.15) is 9.40 Å². The number of H-pyrrole nitrogens is 1. The summed E-state index contributed by atoms with van der Waals surface area (Å²) in [5.41, 5.74) is 1.59. The minimum atomic E-state index is -3.19. The third-order valence-electron chi connectivity index (χ3n) is 3.69. The normalized spacial score (nSPS) is 16.9. The molecule has 8 nitrogen and oxygen atoms in total. The zero-order valence-electron chi connectivity index (χ0n) is 12.1. The SMILES string of the molecule is CS(=O)(=O)N1CCN(C(=O)Nc2ccc3[nH]ncc3c2)CC1. The number of nitrogens with one attached hydrogen (secondary N) is 2. The number of nitrogens with zero attached hydrogens (tertiary/aromatic N) is 3. The summed E-state index contributed by atoms with van der Waals surface area (Å²) in [6.07, 6.45) is 2.87. The average molecular weight is 323 g/mol. The van der Waals surface area contributed by atoms with E-state index in [-0.39, 0.29) is 6.03 Å². The first kappa shape index (κ1) is 14.8. The third kappa shape index (κ3) is 3.04. The van der Waals surface area contributed by atoms with Gasteiger partial charge in [0.05, 0.1) is 18.0 Å². The molecule has 2 amide bonds. The summed E-state index contributed by atoms with van der Waals surface area (Å²) in [6, 6.07) is 5.25. The van der Waals surface area contributed by atoms with E-state index in [0.717, 1.165) is 10.9 Å². The van der Waals surface area contributed by atoms with Gasteiger partial charge >= 0.3 is 6.03 Å². The molecule has 0 spiro atoms. The van der Waals surface area contributed by atoms with Crippen LogP contribution in [0.4, 0.5) is 10.5 Å². The van der Waals surface area contributed by atoms with E-state index >= 15 is 0 Å². The van der Waals surface area contributed by atoms with Crippen molar-refractivity contribution < 1.29 is 13.2 Å². The molecule has 1 aliphatic rings. The number of anilines is 1. The molecule has 0 aliphatic carbocycles. The van der Waals surface area contributed by atoms with Gasteiger partial charge in [-0.3, -0.25) is 5.10 Å². The van der Waals surface area contributed by atoms with Crippen LogP contribution < -0.4 is 5.32 Å². The zero-order chi connectivity index (χ0) is 15.7. The van der Waals surface area contributed by atoms with E-state index in [1.54, 1.807) is 17.2 Å². The molecule has 0 saturated carbocycles. The van der Waals surface area contributed by atoms with E-state index < -0.39 is 10.0 Å². The van der Waals surface area contributed by atoms with Gasteiger partial charge in [0.15, 0.2) is 0 Å². The number of rotatable bonds is 2. The maximum absolute atomic E-state index is 12.2. The van der Waals surface area contributed by atoms with E-state index in [1.165, 1.54) is 10.6 Å². The zero-order valence-corrected chi connectivity index (χ0v) is 12.9. The minimum Gasteiger partial charge on any atom is -0.322 e. The lowest BCUT2D eigenvalue weighted by Gasteiger charge is -2.33. The van der Waals surface area contributed by atoms with Gasteiger partial charge in [-0.1, -0.05) is 0 Å². The summed E-state index contributed by atoms with van der Waals surface area (Å²) in [5, 5.41) is 10.5. The summed E-state index contributed by atoms with van der Waals surface area (Å²) in [4.78, 5) is 13.8. The van der Waals surface area contributed by atoms with E-state index in [1.807, 2.05) is 12.1 Å². The van der Waals surface area contributed by atoms with Gasteiger partial charge in [-0.25, -0.2) is 13.2 Å². The van der Waals surface area contributed by atoms with Crippen molar-refractivity contribution >= 4 is 32.6 Å². The highest BCUT2D eigenvalue weighted by atomic mass is 32.2. The maximum Gasteiger partial charge on any atom is 0.321 e. The summed E-state index contributed by atoms with van der Waals surface area (Å²) < 4.78 is 24.3. The van der Waals surface area contributed by atoms with Crippen molar-refractivity contribution in [1.82, 2.24) is 19.4 Å². The number of urea groups is 1. The summed E-state index contributed by atoms with van der Waals surface area (Å²) in [5.74, 6) is 0. The van der Waals surface area contributed by atoms with Crippen LogP contribution in [0.1, 0.15) is 0 Å². The Labute approximate surface area is 128 Å². The number of hydrogen-bond donors (Lipinski definition) is 2. The van der Waals surface area contributed by atoms with Crippen LogP contribution in [0.3, 0.4) is 0 Å². The molecule has 1 fully saturated rings. The Hall–Kier alpha value is -2.13. The molecule has 0 bridgehead atoms. The monoisotopic (exact) mass is 323 g/mol. The fraction of sp³-hybridized carbons (Fsp3) is 0.385. The highest BCUT2D eigenvalue weighted by Crippen LogP contribution is 2.17. The lowest BCUT2D eigenvalue weighted by molar-refractivity contribution is 0.184. The van der Waals surface area contributed by atoms with Gasteiger partial charge in [-0.15, -0.1) is 0 Å². The molecule has 1 aliphatic heterocycles.